The van der Waals surface area contributed by atoms with Crippen LogP contribution in [-0.2, 0) is 9.59 Å². The Kier molecular flexibility index (Phi) is 6.78. The molecule has 0 saturated heterocycles. The van der Waals surface area contributed by atoms with E-state index < -0.39 is 0 Å². The summed E-state index contributed by atoms with van der Waals surface area (Å²) < 4.78 is 0.959. The molecule has 0 unspecified atom stereocenters. The van der Waals surface area contributed by atoms with E-state index in [9.17, 15) is 14.9 Å². The summed E-state index contributed by atoms with van der Waals surface area (Å²) >= 11 is 4.63. The summed E-state index contributed by atoms with van der Waals surface area (Å²) in [7, 11) is 0. The molecule has 2 amide bonds. The lowest BCUT2D eigenvalue weighted by molar-refractivity contribution is -0.121. The van der Waals surface area contributed by atoms with E-state index in [1.165, 1.54) is 11.8 Å². The molecule has 7 heteroatoms. The number of amides is 2. The first-order valence-corrected chi connectivity index (χ1v) is 10.9. The summed E-state index contributed by atoms with van der Waals surface area (Å²) in [6.07, 6.45) is 0.223. The predicted molar refractivity (Wildman–Crippen MR) is 119 cm³/mol. The van der Waals surface area contributed by atoms with Gasteiger partial charge in [-0.1, -0.05) is 58.0 Å². The average Bonchev–Trinajstić information content (AvgIpc) is 2.69. The van der Waals surface area contributed by atoms with Gasteiger partial charge in [0.2, 0.25) is 11.8 Å². The fourth-order valence-corrected chi connectivity index (χ4v) is 4.89. The largest absolute Gasteiger partial charge is 0.325 e. The summed E-state index contributed by atoms with van der Waals surface area (Å²) in [6.45, 7) is 3.87. The smallest absolute Gasteiger partial charge is 0.234 e. The number of rotatable bonds is 5. The Morgan fingerprint density at radius 1 is 1.28 bits per heavy atom. The standard InChI is InChI=1S/C22H20BrN3O2S/c1-13-8-16(23)9-14(2)21(13)25-20(28)12-29-22-18(11-24)17(10-19(27)26-22)15-6-4-3-5-7-15/h3-9,17H,10,12H2,1-2H3,(H,25,28)(H,26,27)/t17-/m0/s1. The molecule has 2 N–H and O–H groups in total. The topological polar surface area (TPSA) is 82.0 Å². The number of thioether (sulfide) groups is 1. The zero-order chi connectivity index (χ0) is 21.0. The van der Waals surface area contributed by atoms with E-state index in [0.29, 0.717) is 10.6 Å². The van der Waals surface area contributed by atoms with E-state index in [1.807, 2.05) is 56.3 Å². The van der Waals surface area contributed by atoms with Crippen molar-refractivity contribution in [3.63, 3.8) is 0 Å². The first-order valence-electron chi connectivity index (χ1n) is 9.07. The number of nitrogens with one attached hydrogen (secondary N) is 2. The molecule has 0 bridgehead atoms. The SMILES string of the molecule is Cc1cc(Br)cc(C)c1NC(=O)CSC1=C(C#N)[C@H](c2ccccc2)CC(=O)N1. The van der Waals surface area contributed by atoms with Gasteiger partial charge >= 0.3 is 0 Å². The normalized spacial score (nSPS) is 16.2. The van der Waals surface area contributed by atoms with E-state index >= 15 is 0 Å². The molecule has 0 saturated carbocycles. The van der Waals surface area contributed by atoms with Gasteiger partial charge in [0, 0.05) is 22.5 Å². The van der Waals surface area contributed by atoms with Gasteiger partial charge < -0.3 is 10.6 Å². The maximum absolute atomic E-state index is 12.5. The minimum atomic E-state index is -0.295. The summed E-state index contributed by atoms with van der Waals surface area (Å²) in [5.41, 5.74) is 4.11. The molecular weight excluding hydrogens is 450 g/mol. The third kappa shape index (κ3) is 5.08. The molecule has 0 aromatic heterocycles. The molecular formula is C22H20BrN3O2S. The second-order valence-corrected chi connectivity index (χ2v) is 8.72. The first-order chi connectivity index (χ1) is 13.9. The second-order valence-electron chi connectivity index (χ2n) is 6.82. The van der Waals surface area contributed by atoms with Crippen LogP contribution in [0.25, 0.3) is 0 Å². The molecule has 1 atom stereocenters. The molecule has 5 nitrogen and oxygen atoms in total. The highest BCUT2D eigenvalue weighted by molar-refractivity contribution is 9.10. The zero-order valence-electron chi connectivity index (χ0n) is 16.1. The van der Waals surface area contributed by atoms with Gasteiger partial charge in [-0.2, -0.15) is 5.26 Å². The van der Waals surface area contributed by atoms with Gasteiger partial charge in [-0.05, 0) is 42.7 Å². The molecule has 29 heavy (non-hydrogen) atoms. The number of carbonyl (C=O) groups is 2. The number of nitriles is 1. The molecule has 148 valence electrons. The van der Waals surface area contributed by atoms with Crippen LogP contribution in [-0.4, -0.2) is 17.6 Å². The van der Waals surface area contributed by atoms with Crippen LogP contribution in [0.2, 0.25) is 0 Å². The highest BCUT2D eigenvalue weighted by atomic mass is 79.9. The molecule has 0 spiro atoms. The number of aryl methyl sites for hydroxylation is 2. The van der Waals surface area contributed by atoms with Crippen molar-refractivity contribution in [3.05, 3.63) is 74.2 Å². The fraction of sp³-hybridized carbons (Fsp3) is 0.227. The Hall–Kier alpha value is -2.56. The third-order valence-electron chi connectivity index (χ3n) is 4.67. The van der Waals surface area contributed by atoms with Crippen LogP contribution >= 0.6 is 27.7 Å². The van der Waals surface area contributed by atoms with E-state index in [-0.39, 0.29) is 29.9 Å². The maximum atomic E-state index is 12.5. The van der Waals surface area contributed by atoms with Crippen molar-refractivity contribution in [2.24, 2.45) is 0 Å². The van der Waals surface area contributed by atoms with Crippen molar-refractivity contribution in [1.29, 1.82) is 5.26 Å². The van der Waals surface area contributed by atoms with Crippen LogP contribution in [0.3, 0.4) is 0 Å². The quantitative estimate of drug-likeness (QED) is 0.659. The van der Waals surface area contributed by atoms with Crippen LogP contribution in [0.15, 0.2) is 57.5 Å². The molecule has 0 fully saturated rings. The molecule has 1 aliphatic heterocycles. The minimum Gasteiger partial charge on any atom is -0.325 e. The summed E-state index contributed by atoms with van der Waals surface area (Å²) in [6, 6.07) is 15.6. The number of nitrogens with zero attached hydrogens (tertiary/aromatic N) is 1. The number of benzene rings is 2. The lowest BCUT2D eigenvalue weighted by Crippen LogP contribution is -2.31. The molecule has 3 rings (SSSR count). The van der Waals surface area contributed by atoms with Gasteiger partial charge in [0.1, 0.15) is 0 Å². The van der Waals surface area contributed by atoms with Crippen molar-refractivity contribution < 1.29 is 9.59 Å². The van der Waals surface area contributed by atoms with Crippen molar-refractivity contribution in [2.75, 3.05) is 11.1 Å². The summed E-state index contributed by atoms with van der Waals surface area (Å²) in [5.74, 6) is -0.543. The number of carbonyl (C=O) groups excluding carboxylic acids is 2. The molecule has 0 aliphatic carbocycles. The number of allylic oxidation sites excluding steroid dienone is 1. The Morgan fingerprint density at radius 3 is 2.55 bits per heavy atom. The minimum absolute atomic E-state index is 0.0945. The van der Waals surface area contributed by atoms with E-state index in [2.05, 4.69) is 32.6 Å². The number of hydrogen-bond donors (Lipinski definition) is 2. The highest BCUT2D eigenvalue weighted by Gasteiger charge is 2.29. The lowest BCUT2D eigenvalue weighted by atomic mass is 9.87. The van der Waals surface area contributed by atoms with Gasteiger partial charge in [-0.3, -0.25) is 9.59 Å². The molecule has 1 heterocycles. The lowest BCUT2D eigenvalue weighted by Gasteiger charge is -2.25. The van der Waals surface area contributed by atoms with Gasteiger partial charge in [0.15, 0.2) is 0 Å². The van der Waals surface area contributed by atoms with E-state index in [0.717, 1.165) is 26.9 Å². The Labute approximate surface area is 182 Å². The van der Waals surface area contributed by atoms with Crippen LogP contribution < -0.4 is 10.6 Å². The van der Waals surface area contributed by atoms with Crippen LogP contribution in [0.4, 0.5) is 5.69 Å². The molecule has 1 aliphatic rings. The van der Waals surface area contributed by atoms with Gasteiger partial charge in [0.05, 0.1) is 22.4 Å². The Balaban J connectivity index is 1.76. The monoisotopic (exact) mass is 469 g/mol. The summed E-state index contributed by atoms with van der Waals surface area (Å²) in [4.78, 5) is 24.7. The third-order valence-corrected chi connectivity index (χ3v) is 6.14. The van der Waals surface area contributed by atoms with Crippen LogP contribution in [0.1, 0.15) is 29.0 Å². The Morgan fingerprint density at radius 2 is 1.93 bits per heavy atom. The van der Waals surface area contributed by atoms with Crippen molar-refractivity contribution in [3.8, 4) is 6.07 Å². The van der Waals surface area contributed by atoms with Crippen LogP contribution in [0.5, 0.6) is 0 Å². The predicted octanol–water partition coefficient (Wildman–Crippen LogP) is 4.78. The molecule has 0 radical (unpaired) electrons. The van der Waals surface area contributed by atoms with E-state index in [1.54, 1.807) is 0 Å². The van der Waals surface area contributed by atoms with Gasteiger partial charge in [-0.15, -0.1) is 0 Å². The van der Waals surface area contributed by atoms with Crippen molar-refractivity contribution in [2.45, 2.75) is 26.2 Å². The van der Waals surface area contributed by atoms with Crippen LogP contribution in [0, 0.1) is 25.2 Å². The maximum Gasteiger partial charge on any atom is 0.234 e. The van der Waals surface area contributed by atoms with Crippen molar-refractivity contribution in [1.82, 2.24) is 5.32 Å². The number of anilines is 1. The fourth-order valence-electron chi connectivity index (χ4n) is 3.32. The number of halogens is 1. The first kappa shape index (κ1) is 21.2. The zero-order valence-corrected chi connectivity index (χ0v) is 18.5. The second kappa shape index (κ2) is 9.29. The number of hydrogen-bond acceptors (Lipinski definition) is 4. The summed E-state index contributed by atoms with van der Waals surface area (Å²) in [5, 5.41) is 15.9. The average molecular weight is 470 g/mol. The van der Waals surface area contributed by atoms with Crippen molar-refractivity contribution >= 4 is 45.2 Å². The van der Waals surface area contributed by atoms with Gasteiger partial charge in [-0.25, -0.2) is 0 Å². The highest BCUT2D eigenvalue weighted by Crippen LogP contribution is 2.36. The molecule has 2 aromatic carbocycles. The Bertz CT molecular complexity index is 1010. The van der Waals surface area contributed by atoms with E-state index in [4.69, 9.17) is 0 Å². The molecule has 2 aromatic rings. The van der Waals surface area contributed by atoms with Gasteiger partial charge in [0.25, 0.3) is 0 Å².